The zero-order chi connectivity index (χ0) is 14.2. The summed E-state index contributed by atoms with van der Waals surface area (Å²) >= 11 is 0. The van der Waals surface area contributed by atoms with Gasteiger partial charge in [-0.1, -0.05) is 0 Å². The second kappa shape index (κ2) is 4.87. The van der Waals surface area contributed by atoms with Crippen LogP contribution < -0.4 is 9.47 Å². The van der Waals surface area contributed by atoms with Gasteiger partial charge in [-0.05, 0) is 30.5 Å². The molecule has 0 unspecified atom stereocenters. The topological polar surface area (TPSA) is 47.9 Å². The summed E-state index contributed by atoms with van der Waals surface area (Å²) < 4.78 is 37.5. The normalized spacial score (nSPS) is 19.1. The number of alkyl halides is 2. The SMILES string of the molecule is O=C=NC1(c2cc3c(cc2C(F)F)OCCCO3)CC1. The van der Waals surface area contributed by atoms with Crippen LogP contribution >= 0.6 is 0 Å². The number of isocyanates is 1. The van der Waals surface area contributed by atoms with Crippen molar-refractivity contribution in [3.63, 3.8) is 0 Å². The molecule has 0 spiro atoms. The van der Waals surface area contributed by atoms with Crippen LogP contribution in [0.5, 0.6) is 11.5 Å². The van der Waals surface area contributed by atoms with Gasteiger partial charge in [0.05, 0.1) is 18.8 Å². The molecule has 0 atom stereocenters. The highest BCUT2D eigenvalue weighted by Gasteiger charge is 2.47. The van der Waals surface area contributed by atoms with Gasteiger partial charge in [0.1, 0.15) is 0 Å². The van der Waals surface area contributed by atoms with Gasteiger partial charge in [0.15, 0.2) is 11.5 Å². The number of aliphatic imine (C=N–C) groups is 1. The fraction of sp³-hybridized carbons (Fsp3) is 0.500. The van der Waals surface area contributed by atoms with Crippen molar-refractivity contribution in [2.45, 2.75) is 31.2 Å². The zero-order valence-corrected chi connectivity index (χ0v) is 10.7. The lowest BCUT2D eigenvalue weighted by Crippen LogP contribution is -2.08. The first-order valence-corrected chi connectivity index (χ1v) is 6.47. The molecule has 0 saturated heterocycles. The third-order valence-electron chi connectivity index (χ3n) is 3.64. The molecule has 0 aromatic heterocycles. The fourth-order valence-corrected chi connectivity index (χ4v) is 2.46. The highest BCUT2D eigenvalue weighted by atomic mass is 19.3. The number of ether oxygens (including phenoxy) is 2. The minimum Gasteiger partial charge on any atom is -0.490 e. The first-order chi connectivity index (χ1) is 9.66. The van der Waals surface area contributed by atoms with Crippen LogP contribution in [-0.2, 0) is 10.3 Å². The molecule has 2 aliphatic rings. The Kier molecular flexibility index (Phi) is 3.18. The molecule has 1 aliphatic carbocycles. The van der Waals surface area contributed by atoms with E-state index in [4.69, 9.17) is 9.47 Å². The van der Waals surface area contributed by atoms with Crippen molar-refractivity contribution in [2.24, 2.45) is 4.99 Å². The Hall–Kier alpha value is -1.94. The van der Waals surface area contributed by atoms with Gasteiger partial charge in [-0.25, -0.2) is 13.6 Å². The number of hydrogen-bond acceptors (Lipinski definition) is 4. The molecule has 1 aliphatic heterocycles. The Morgan fingerprint density at radius 3 is 2.40 bits per heavy atom. The summed E-state index contributed by atoms with van der Waals surface area (Å²) in [5.74, 6) is 0.765. The average molecular weight is 281 g/mol. The van der Waals surface area contributed by atoms with E-state index in [-0.39, 0.29) is 5.56 Å². The van der Waals surface area contributed by atoms with Crippen LogP contribution in [0, 0.1) is 0 Å². The van der Waals surface area contributed by atoms with E-state index in [9.17, 15) is 13.6 Å². The number of benzene rings is 1. The maximum atomic E-state index is 13.3. The number of hydrogen-bond donors (Lipinski definition) is 0. The smallest absolute Gasteiger partial charge is 0.264 e. The van der Waals surface area contributed by atoms with Crippen LogP contribution in [0.4, 0.5) is 8.78 Å². The van der Waals surface area contributed by atoms with Crippen molar-refractivity contribution in [1.82, 2.24) is 0 Å². The predicted octanol–water partition coefficient (Wildman–Crippen LogP) is 3.11. The van der Waals surface area contributed by atoms with E-state index in [1.165, 1.54) is 18.2 Å². The number of fused-ring (bicyclic) bond motifs is 1. The molecule has 1 saturated carbocycles. The van der Waals surface area contributed by atoms with Gasteiger partial charge in [0.2, 0.25) is 6.08 Å². The summed E-state index contributed by atoms with van der Waals surface area (Å²) in [7, 11) is 0. The predicted molar refractivity (Wildman–Crippen MR) is 66.0 cm³/mol. The highest BCUT2D eigenvalue weighted by Crippen LogP contribution is 2.53. The molecule has 106 valence electrons. The standard InChI is InChI=1S/C14H13F2NO3/c15-13(16)9-6-11-12(20-5-1-4-19-11)7-10(9)14(2-3-14)17-8-18/h6-7,13H,1-5H2. The Balaban J connectivity index is 2.12. The number of rotatable bonds is 3. The van der Waals surface area contributed by atoms with Gasteiger partial charge in [0.25, 0.3) is 6.43 Å². The molecule has 1 aromatic rings. The van der Waals surface area contributed by atoms with E-state index in [1.54, 1.807) is 0 Å². The highest BCUT2D eigenvalue weighted by molar-refractivity contribution is 5.53. The summed E-state index contributed by atoms with van der Waals surface area (Å²) in [5.41, 5.74) is -0.649. The van der Waals surface area contributed by atoms with Crippen LogP contribution in [0.1, 0.15) is 36.8 Å². The van der Waals surface area contributed by atoms with Gasteiger partial charge < -0.3 is 9.47 Å². The van der Waals surface area contributed by atoms with Crippen LogP contribution in [-0.4, -0.2) is 19.3 Å². The molecular formula is C14H13F2NO3. The molecule has 1 heterocycles. The van der Waals surface area contributed by atoms with Crippen molar-refractivity contribution in [3.05, 3.63) is 23.3 Å². The van der Waals surface area contributed by atoms with Crippen molar-refractivity contribution < 1.29 is 23.0 Å². The van der Waals surface area contributed by atoms with Gasteiger partial charge in [-0.3, -0.25) is 0 Å². The lowest BCUT2D eigenvalue weighted by Gasteiger charge is -2.17. The molecular weight excluding hydrogens is 268 g/mol. The minimum absolute atomic E-state index is 0.147. The van der Waals surface area contributed by atoms with Crippen LogP contribution in [0.15, 0.2) is 17.1 Å². The number of carbonyl (C=O) groups excluding carboxylic acids is 1. The van der Waals surface area contributed by atoms with E-state index in [0.717, 1.165) is 0 Å². The fourth-order valence-electron chi connectivity index (χ4n) is 2.46. The number of halogens is 2. The third kappa shape index (κ3) is 2.16. The molecule has 20 heavy (non-hydrogen) atoms. The Bertz CT molecular complexity index is 578. The summed E-state index contributed by atoms with van der Waals surface area (Å²) in [6.45, 7) is 0.914. The van der Waals surface area contributed by atoms with Crippen molar-refractivity contribution in [2.75, 3.05) is 13.2 Å². The van der Waals surface area contributed by atoms with Crippen molar-refractivity contribution in [3.8, 4) is 11.5 Å². The lowest BCUT2D eigenvalue weighted by atomic mass is 9.98. The van der Waals surface area contributed by atoms with E-state index >= 15 is 0 Å². The molecule has 0 bridgehead atoms. The molecule has 1 fully saturated rings. The van der Waals surface area contributed by atoms with E-state index < -0.39 is 12.0 Å². The van der Waals surface area contributed by atoms with Crippen LogP contribution in [0.25, 0.3) is 0 Å². The summed E-state index contributed by atoms with van der Waals surface area (Å²) in [6.07, 6.45) is 0.676. The second-order valence-corrected chi connectivity index (χ2v) is 4.97. The first kappa shape index (κ1) is 13.1. The van der Waals surface area contributed by atoms with E-state index in [2.05, 4.69) is 4.99 Å². The largest absolute Gasteiger partial charge is 0.490 e. The second-order valence-electron chi connectivity index (χ2n) is 4.97. The molecule has 0 radical (unpaired) electrons. The van der Waals surface area contributed by atoms with Gasteiger partial charge in [0, 0.05) is 12.0 Å². The molecule has 0 amide bonds. The molecule has 3 rings (SSSR count). The number of nitrogens with zero attached hydrogens (tertiary/aromatic N) is 1. The van der Waals surface area contributed by atoms with Gasteiger partial charge >= 0.3 is 0 Å². The zero-order valence-electron chi connectivity index (χ0n) is 10.7. The van der Waals surface area contributed by atoms with Crippen LogP contribution in [0.2, 0.25) is 0 Å². The maximum Gasteiger partial charge on any atom is 0.264 e. The Morgan fingerprint density at radius 1 is 1.20 bits per heavy atom. The quantitative estimate of drug-likeness (QED) is 0.631. The maximum absolute atomic E-state index is 13.3. The summed E-state index contributed by atoms with van der Waals surface area (Å²) in [4.78, 5) is 14.2. The third-order valence-corrected chi connectivity index (χ3v) is 3.64. The van der Waals surface area contributed by atoms with Crippen molar-refractivity contribution >= 4 is 6.08 Å². The first-order valence-electron chi connectivity index (χ1n) is 6.47. The molecule has 4 nitrogen and oxygen atoms in total. The molecule has 0 N–H and O–H groups in total. The Morgan fingerprint density at radius 2 is 1.85 bits per heavy atom. The summed E-state index contributed by atoms with van der Waals surface area (Å²) in [6, 6.07) is 2.84. The molecule has 1 aromatic carbocycles. The Labute approximate surface area is 114 Å². The molecule has 6 heteroatoms. The van der Waals surface area contributed by atoms with Gasteiger partial charge in [-0.2, -0.15) is 4.99 Å². The van der Waals surface area contributed by atoms with E-state index in [1.807, 2.05) is 0 Å². The minimum atomic E-state index is -2.65. The van der Waals surface area contributed by atoms with E-state index in [0.29, 0.717) is 49.5 Å². The van der Waals surface area contributed by atoms with Crippen LogP contribution in [0.3, 0.4) is 0 Å². The average Bonchev–Trinajstić information content (AvgIpc) is 3.21. The lowest BCUT2D eigenvalue weighted by molar-refractivity contribution is 0.149. The summed E-state index contributed by atoms with van der Waals surface area (Å²) in [5, 5.41) is 0. The van der Waals surface area contributed by atoms with Gasteiger partial charge in [-0.15, -0.1) is 0 Å². The monoisotopic (exact) mass is 281 g/mol. The van der Waals surface area contributed by atoms with Crippen molar-refractivity contribution in [1.29, 1.82) is 0 Å².